The molecule has 0 radical (unpaired) electrons. The van der Waals surface area contributed by atoms with Gasteiger partial charge in [-0.1, -0.05) is 6.07 Å². The Morgan fingerprint density at radius 1 is 1.19 bits per heavy atom. The summed E-state index contributed by atoms with van der Waals surface area (Å²) in [6.45, 7) is 4.02. The molecular formula is C16H23N3O2. The van der Waals surface area contributed by atoms with Gasteiger partial charge in [-0.25, -0.2) is 0 Å². The molecule has 1 aromatic carbocycles. The zero-order valence-corrected chi connectivity index (χ0v) is 12.9. The van der Waals surface area contributed by atoms with Crippen molar-refractivity contribution in [3.63, 3.8) is 0 Å². The molecule has 0 saturated carbocycles. The summed E-state index contributed by atoms with van der Waals surface area (Å²) in [4.78, 5) is 0. The van der Waals surface area contributed by atoms with Crippen LogP contribution in [0, 0.1) is 0 Å². The summed E-state index contributed by atoms with van der Waals surface area (Å²) < 4.78 is 13.4. The fourth-order valence-corrected chi connectivity index (χ4v) is 2.17. The van der Waals surface area contributed by atoms with Gasteiger partial charge >= 0.3 is 0 Å². The van der Waals surface area contributed by atoms with E-state index in [4.69, 9.17) is 9.47 Å². The van der Waals surface area contributed by atoms with Gasteiger partial charge in [0.05, 0.1) is 13.2 Å². The average Bonchev–Trinajstić information content (AvgIpc) is 2.87. The standard InChI is InChI=1S/C16H23N3O2/c1-4-20-16-11-13(12-17-2)5-6-15(16)21-10-8-14-7-9-18-19(14)3/h5-7,9,11,17H,4,8,10,12H2,1-3H3. The van der Waals surface area contributed by atoms with E-state index in [9.17, 15) is 0 Å². The van der Waals surface area contributed by atoms with Crippen LogP contribution in [0.4, 0.5) is 0 Å². The number of benzene rings is 1. The van der Waals surface area contributed by atoms with Gasteiger partial charge in [0.25, 0.3) is 0 Å². The van der Waals surface area contributed by atoms with Gasteiger partial charge in [-0.3, -0.25) is 4.68 Å². The lowest BCUT2D eigenvalue weighted by Crippen LogP contribution is -2.08. The van der Waals surface area contributed by atoms with Crippen LogP contribution in [0.3, 0.4) is 0 Å². The van der Waals surface area contributed by atoms with Crippen LogP contribution in [0.15, 0.2) is 30.5 Å². The predicted molar refractivity (Wildman–Crippen MR) is 82.8 cm³/mol. The lowest BCUT2D eigenvalue weighted by atomic mass is 10.2. The SMILES string of the molecule is CCOc1cc(CNC)ccc1OCCc1ccnn1C. The molecule has 21 heavy (non-hydrogen) atoms. The smallest absolute Gasteiger partial charge is 0.161 e. The van der Waals surface area contributed by atoms with E-state index in [0.717, 1.165) is 30.2 Å². The van der Waals surface area contributed by atoms with Gasteiger partial charge in [-0.05, 0) is 37.7 Å². The molecule has 5 heteroatoms. The van der Waals surface area contributed by atoms with Crippen LogP contribution in [-0.2, 0) is 20.0 Å². The molecule has 0 atom stereocenters. The third-order valence-corrected chi connectivity index (χ3v) is 3.23. The van der Waals surface area contributed by atoms with Crippen LogP contribution in [-0.4, -0.2) is 30.0 Å². The van der Waals surface area contributed by atoms with E-state index in [-0.39, 0.29) is 0 Å². The van der Waals surface area contributed by atoms with Crippen LogP contribution in [0.25, 0.3) is 0 Å². The molecule has 0 saturated heterocycles. The first-order valence-corrected chi connectivity index (χ1v) is 7.24. The topological polar surface area (TPSA) is 48.3 Å². The molecule has 0 fully saturated rings. The lowest BCUT2D eigenvalue weighted by Gasteiger charge is -2.13. The van der Waals surface area contributed by atoms with Crippen molar-refractivity contribution in [3.05, 3.63) is 41.7 Å². The normalized spacial score (nSPS) is 10.6. The lowest BCUT2D eigenvalue weighted by molar-refractivity contribution is 0.277. The first kappa shape index (κ1) is 15.4. The van der Waals surface area contributed by atoms with Crippen LogP contribution in [0.5, 0.6) is 11.5 Å². The Balaban J connectivity index is 1.99. The number of ether oxygens (including phenoxy) is 2. The average molecular weight is 289 g/mol. The third kappa shape index (κ3) is 4.23. The summed E-state index contributed by atoms with van der Waals surface area (Å²) in [6, 6.07) is 8.06. The van der Waals surface area contributed by atoms with Crippen molar-refractivity contribution in [1.29, 1.82) is 0 Å². The quantitative estimate of drug-likeness (QED) is 0.809. The van der Waals surface area contributed by atoms with Crippen LogP contribution in [0.1, 0.15) is 18.2 Å². The Kier molecular flexibility index (Phi) is 5.63. The largest absolute Gasteiger partial charge is 0.490 e. The Bertz CT molecular complexity index is 566. The molecule has 114 valence electrons. The summed E-state index contributed by atoms with van der Waals surface area (Å²) in [6.07, 6.45) is 2.62. The third-order valence-electron chi connectivity index (χ3n) is 3.23. The summed E-state index contributed by atoms with van der Waals surface area (Å²) in [5, 5.41) is 7.29. The van der Waals surface area contributed by atoms with Crippen molar-refractivity contribution in [2.24, 2.45) is 7.05 Å². The minimum absolute atomic E-state index is 0.602. The van der Waals surface area contributed by atoms with E-state index >= 15 is 0 Å². The molecule has 1 aromatic heterocycles. The van der Waals surface area contributed by atoms with Gasteiger partial charge in [0.15, 0.2) is 11.5 Å². The number of hydrogen-bond acceptors (Lipinski definition) is 4. The number of aromatic nitrogens is 2. The molecule has 5 nitrogen and oxygen atoms in total. The van der Waals surface area contributed by atoms with Gasteiger partial charge in [-0.15, -0.1) is 0 Å². The molecule has 0 aliphatic rings. The maximum Gasteiger partial charge on any atom is 0.161 e. The fourth-order valence-electron chi connectivity index (χ4n) is 2.17. The number of nitrogens with one attached hydrogen (secondary N) is 1. The van der Waals surface area contributed by atoms with Crippen molar-refractivity contribution >= 4 is 0 Å². The maximum absolute atomic E-state index is 5.86. The van der Waals surface area contributed by atoms with Gasteiger partial charge < -0.3 is 14.8 Å². The minimum Gasteiger partial charge on any atom is -0.490 e. The molecule has 0 aliphatic heterocycles. The van der Waals surface area contributed by atoms with Crippen LogP contribution < -0.4 is 14.8 Å². The second-order valence-corrected chi connectivity index (χ2v) is 4.79. The van der Waals surface area contributed by atoms with E-state index in [1.165, 1.54) is 5.56 Å². The number of aryl methyl sites for hydroxylation is 1. The van der Waals surface area contributed by atoms with Gasteiger partial charge in [-0.2, -0.15) is 5.10 Å². The van der Waals surface area contributed by atoms with E-state index in [0.29, 0.717) is 13.2 Å². The monoisotopic (exact) mass is 289 g/mol. The second-order valence-electron chi connectivity index (χ2n) is 4.79. The summed E-state index contributed by atoms with van der Waals surface area (Å²) in [5.41, 5.74) is 2.33. The summed E-state index contributed by atoms with van der Waals surface area (Å²) in [7, 11) is 3.87. The zero-order valence-electron chi connectivity index (χ0n) is 12.9. The second kappa shape index (κ2) is 7.69. The highest BCUT2D eigenvalue weighted by Gasteiger charge is 2.07. The molecule has 0 spiro atoms. The van der Waals surface area contributed by atoms with Gasteiger partial charge in [0.2, 0.25) is 0 Å². The van der Waals surface area contributed by atoms with Crippen molar-refractivity contribution < 1.29 is 9.47 Å². The Labute approximate surface area is 125 Å². The fraction of sp³-hybridized carbons (Fsp3) is 0.438. The molecule has 1 heterocycles. The predicted octanol–water partition coefficient (Wildman–Crippen LogP) is 2.16. The molecule has 0 bridgehead atoms. The first-order valence-electron chi connectivity index (χ1n) is 7.24. The molecule has 1 N–H and O–H groups in total. The minimum atomic E-state index is 0.602. The van der Waals surface area contributed by atoms with Crippen molar-refractivity contribution in [2.45, 2.75) is 19.9 Å². The highest BCUT2D eigenvalue weighted by Crippen LogP contribution is 2.28. The van der Waals surface area contributed by atoms with Crippen LogP contribution in [0.2, 0.25) is 0 Å². The van der Waals surface area contributed by atoms with E-state index in [1.54, 1.807) is 6.20 Å². The highest BCUT2D eigenvalue weighted by atomic mass is 16.5. The molecular weight excluding hydrogens is 266 g/mol. The Hall–Kier alpha value is -2.01. The highest BCUT2D eigenvalue weighted by molar-refractivity contribution is 5.43. The van der Waals surface area contributed by atoms with Crippen molar-refractivity contribution in [1.82, 2.24) is 15.1 Å². The maximum atomic E-state index is 5.86. The molecule has 0 amide bonds. The van der Waals surface area contributed by atoms with E-state index < -0.39 is 0 Å². The van der Waals surface area contributed by atoms with Gasteiger partial charge in [0.1, 0.15) is 0 Å². The summed E-state index contributed by atoms with van der Waals surface area (Å²) in [5.74, 6) is 1.59. The number of rotatable bonds is 8. The Morgan fingerprint density at radius 3 is 2.71 bits per heavy atom. The zero-order chi connectivity index (χ0) is 15.1. The number of nitrogens with zero attached hydrogens (tertiary/aromatic N) is 2. The summed E-state index contributed by atoms with van der Waals surface area (Å²) >= 11 is 0. The Morgan fingerprint density at radius 2 is 2.05 bits per heavy atom. The molecule has 2 rings (SSSR count). The van der Waals surface area contributed by atoms with Crippen molar-refractivity contribution in [2.75, 3.05) is 20.3 Å². The van der Waals surface area contributed by atoms with E-state index in [2.05, 4.69) is 16.5 Å². The molecule has 0 aliphatic carbocycles. The molecule has 2 aromatic rings. The number of hydrogen-bond donors (Lipinski definition) is 1. The van der Waals surface area contributed by atoms with Crippen molar-refractivity contribution in [3.8, 4) is 11.5 Å². The van der Waals surface area contributed by atoms with Crippen LogP contribution >= 0.6 is 0 Å². The first-order chi connectivity index (χ1) is 10.2. The molecule has 0 unspecified atom stereocenters. The van der Waals surface area contributed by atoms with E-state index in [1.807, 2.05) is 43.9 Å². The van der Waals surface area contributed by atoms with Gasteiger partial charge in [0, 0.05) is 31.9 Å².